The zero-order chi connectivity index (χ0) is 14.1. The topological polar surface area (TPSA) is 81.6 Å². The summed E-state index contributed by atoms with van der Waals surface area (Å²) in [5.74, 6) is 2.39. The summed E-state index contributed by atoms with van der Waals surface area (Å²) in [6.07, 6.45) is 3.52. The lowest BCUT2D eigenvalue weighted by Gasteiger charge is -2.23. The molecule has 0 aromatic heterocycles. The highest BCUT2D eigenvalue weighted by molar-refractivity contribution is 5.65. The van der Waals surface area contributed by atoms with E-state index in [9.17, 15) is 9.90 Å². The molecule has 0 saturated heterocycles. The van der Waals surface area contributed by atoms with E-state index < -0.39 is 18.2 Å². The van der Waals surface area contributed by atoms with Gasteiger partial charge in [-0.1, -0.05) is 36.3 Å². The van der Waals surface area contributed by atoms with Crippen molar-refractivity contribution in [2.75, 3.05) is 13.1 Å². The maximum atomic E-state index is 10.8. The van der Waals surface area contributed by atoms with E-state index in [-0.39, 0.29) is 6.54 Å². The van der Waals surface area contributed by atoms with Crippen LogP contribution in [0.4, 0.5) is 4.79 Å². The molecule has 0 aliphatic carbocycles. The second kappa shape index (κ2) is 8.14. The van der Waals surface area contributed by atoms with Crippen molar-refractivity contribution in [3.63, 3.8) is 0 Å². The summed E-state index contributed by atoms with van der Waals surface area (Å²) in [6.45, 7) is 0.574. The van der Waals surface area contributed by atoms with Gasteiger partial charge >= 0.3 is 6.09 Å². The van der Waals surface area contributed by atoms with Crippen molar-refractivity contribution in [3.8, 4) is 12.3 Å². The van der Waals surface area contributed by atoms with Crippen molar-refractivity contribution in [1.82, 2.24) is 10.6 Å². The lowest BCUT2D eigenvalue weighted by molar-refractivity contribution is 0.119. The molecule has 5 heteroatoms. The van der Waals surface area contributed by atoms with Crippen molar-refractivity contribution in [2.45, 2.75) is 18.6 Å². The minimum Gasteiger partial charge on any atom is -0.465 e. The van der Waals surface area contributed by atoms with Crippen LogP contribution >= 0.6 is 0 Å². The zero-order valence-electron chi connectivity index (χ0n) is 10.5. The van der Waals surface area contributed by atoms with Gasteiger partial charge in [-0.25, -0.2) is 4.79 Å². The average molecular weight is 262 g/mol. The molecule has 0 spiro atoms. The molecule has 0 saturated carbocycles. The van der Waals surface area contributed by atoms with Crippen LogP contribution in [0.1, 0.15) is 5.56 Å². The Hall–Kier alpha value is -2.03. The van der Waals surface area contributed by atoms with Crippen LogP contribution in [0, 0.1) is 12.3 Å². The summed E-state index contributed by atoms with van der Waals surface area (Å²) in [4.78, 5) is 10.8. The van der Waals surface area contributed by atoms with Gasteiger partial charge in [0.2, 0.25) is 0 Å². The molecule has 102 valence electrons. The Kier molecular flexibility index (Phi) is 6.44. The number of carbonyl (C=O) groups is 1. The van der Waals surface area contributed by atoms with Crippen LogP contribution in [-0.2, 0) is 6.42 Å². The molecule has 0 bridgehead atoms. The first-order chi connectivity index (χ1) is 9.13. The van der Waals surface area contributed by atoms with Crippen molar-refractivity contribution < 1.29 is 15.0 Å². The van der Waals surface area contributed by atoms with Crippen molar-refractivity contribution in [3.05, 3.63) is 35.9 Å². The molecule has 1 amide bonds. The molecule has 0 aliphatic rings. The number of benzene rings is 1. The molecular formula is C14H18N2O3. The molecule has 0 unspecified atom stereocenters. The molecule has 4 N–H and O–H groups in total. The van der Waals surface area contributed by atoms with Gasteiger partial charge in [-0.2, -0.15) is 0 Å². The fraction of sp³-hybridized carbons (Fsp3) is 0.357. The van der Waals surface area contributed by atoms with Gasteiger partial charge < -0.3 is 20.8 Å². The number of carboxylic acid groups (broad SMARTS) is 1. The summed E-state index contributed by atoms with van der Waals surface area (Å²) in [5.41, 5.74) is 0.956. The molecule has 0 heterocycles. The maximum absolute atomic E-state index is 10.8. The number of rotatable bonds is 7. The first-order valence-electron chi connectivity index (χ1n) is 5.99. The summed E-state index contributed by atoms with van der Waals surface area (Å²) < 4.78 is 0. The molecule has 0 fully saturated rings. The molecule has 1 aromatic carbocycles. The van der Waals surface area contributed by atoms with Gasteiger partial charge in [-0.15, -0.1) is 6.42 Å². The Morgan fingerprint density at radius 2 is 2.05 bits per heavy atom. The van der Waals surface area contributed by atoms with Crippen LogP contribution in [0.15, 0.2) is 30.3 Å². The first kappa shape index (κ1) is 15.0. The Bertz CT molecular complexity index is 428. The monoisotopic (exact) mass is 262 g/mol. The third-order valence-electron chi connectivity index (χ3n) is 2.65. The van der Waals surface area contributed by atoms with E-state index in [1.165, 1.54) is 0 Å². The van der Waals surface area contributed by atoms with Crippen molar-refractivity contribution >= 4 is 6.09 Å². The number of aliphatic hydroxyl groups excluding tert-OH is 1. The van der Waals surface area contributed by atoms with E-state index in [4.69, 9.17) is 11.5 Å². The summed E-state index contributed by atoms with van der Waals surface area (Å²) in [7, 11) is 0. The molecule has 0 radical (unpaired) electrons. The maximum Gasteiger partial charge on any atom is 0.404 e. The van der Waals surface area contributed by atoms with Gasteiger partial charge in [0.15, 0.2) is 0 Å². The van der Waals surface area contributed by atoms with Crippen LogP contribution in [0.5, 0.6) is 0 Å². The Labute approximate surface area is 112 Å². The fourth-order valence-corrected chi connectivity index (χ4v) is 1.74. The second-order valence-electron chi connectivity index (χ2n) is 4.15. The second-order valence-corrected chi connectivity index (χ2v) is 4.15. The molecule has 5 nitrogen and oxygen atoms in total. The number of amides is 1. The van der Waals surface area contributed by atoms with E-state index in [0.717, 1.165) is 5.56 Å². The molecular weight excluding hydrogens is 244 g/mol. The zero-order valence-corrected chi connectivity index (χ0v) is 10.5. The van der Waals surface area contributed by atoms with E-state index in [1.54, 1.807) is 0 Å². The van der Waals surface area contributed by atoms with Gasteiger partial charge in [-0.05, 0) is 12.0 Å². The van der Waals surface area contributed by atoms with Crippen LogP contribution in [0.2, 0.25) is 0 Å². The third kappa shape index (κ3) is 5.91. The number of nitrogens with one attached hydrogen (secondary N) is 2. The summed E-state index contributed by atoms with van der Waals surface area (Å²) >= 11 is 0. The van der Waals surface area contributed by atoms with Gasteiger partial charge in [0.1, 0.15) is 0 Å². The largest absolute Gasteiger partial charge is 0.465 e. The number of aliphatic hydroxyl groups is 1. The highest BCUT2D eigenvalue weighted by atomic mass is 16.4. The van der Waals surface area contributed by atoms with Crippen molar-refractivity contribution in [2.24, 2.45) is 0 Å². The quantitative estimate of drug-likeness (QED) is 0.425. The number of hydrogen-bond acceptors (Lipinski definition) is 3. The SMILES string of the molecule is C#CCNC[C@@H](O)[C@H](Cc1ccccc1)NC(=O)O. The smallest absolute Gasteiger partial charge is 0.404 e. The molecule has 0 aliphatic heterocycles. The van der Waals surface area contributed by atoms with E-state index in [1.807, 2.05) is 30.3 Å². The summed E-state index contributed by atoms with van der Waals surface area (Å²) in [6, 6.07) is 8.82. The molecule has 19 heavy (non-hydrogen) atoms. The standard InChI is InChI=1S/C14H18N2O3/c1-2-8-15-10-13(17)12(16-14(18)19)9-11-6-4-3-5-7-11/h1,3-7,12-13,15-17H,8-10H2,(H,18,19)/t12-,13+/m0/s1. The molecule has 2 atom stereocenters. The van der Waals surface area contributed by atoms with E-state index in [0.29, 0.717) is 13.0 Å². The predicted molar refractivity (Wildman–Crippen MR) is 72.8 cm³/mol. The lowest BCUT2D eigenvalue weighted by Crippen LogP contribution is -2.48. The minimum absolute atomic E-state index is 0.238. The average Bonchev–Trinajstić information content (AvgIpc) is 2.39. The number of hydrogen-bond donors (Lipinski definition) is 4. The fourth-order valence-electron chi connectivity index (χ4n) is 1.74. The van der Waals surface area contributed by atoms with E-state index >= 15 is 0 Å². The van der Waals surface area contributed by atoms with Crippen LogP contribution in [0.3, 0.4) is 0 Å². The lowest BCUT2D eigenvalue weighted by atomic mass is 10.0. The Morgan fingerprint density at radius 1 is 1.37 bits per heavy atom. The van der Waals surface area contributed by atoms with Gasteiger partial charge in [-0.3, -0.25) is 0 Å². The highest BCUT2D eigenvalue weighted by Crippen LogP contribution is 2.06. The van der Waals surface area contributed by atoms with E-state index in [2.05, 4.69) is 16.6 Å². The third-order valence-corrected chi connectivity index (χ3v) is 2.65. The van der Waals surface area contributed by atoms with Crippen LogP contribution < -0.4 is 10.6 Å². The molecule has 1 aromatic rings. The Balaban J connectivity index is 2.61. The summed E-state index contributed by atoms with van der Waals surface area (Å²) in [5, 5.41) is 24.0. The first-order valence-corrected chi connectivity index (χ1v) is 5.99. The van der Waals surface area contributed by atoms with Gasteiger partial charge in [0.05, 0.1) is 18.7 Å². The highest BCUT2D eigenvalue weighted by Gasteiger charge is 2.21. The normalized spacial score (nSPS) is 13.3. The molecule has 1 rings (SSSR count). The minimum atomic E-state index is -1.16. The number of terminal acetylenes is 1. The van der Waals surface area contributed by atoms with Crippen molar-refractivity contribution in [1.29, 1.82) is 0 Å². The van der Waals surface area contributed by atoms with Crippen LogP contribution in [0.25, 0.3) is 0 Å². The van der Waals surface area contributed by atoms with Crippen LogP contribution in [-0.4, -0.2) is 41.5 Å². The predicted octanol–water partition coefficient (Wildman–Crippen LogP) is 0.449. The van der Waals surface area contributed by atoms with Gasteiger partial charge in [0.25, 0.3) is 0 Å². The van der Waals surface area contributed by atoms with Gasteiger partial charge in [0, 0.05) is 6.54 Å². The Morgan fingerprint density at radius 3 is 2.63 bits per heavy atom.